The molecule has 0 saturated carbocycles. The summed E-state index contributed by atoms with van der Waals surface area (Å²) in [5.74, 6) is -0.247. The summed E-state index contributed by atoms with van der Waals surface area (Å²) >= 11 is 0. The molecule has 0 bridgehead atoms. The van der Waals surface area contributed by atoms with Gasteiger partial charge in [-0.2, -0.15) is 0 Å². The molecule has 2 rings (SSSR count). The molecule has 0 radical (unpaired) electrons. The van der Waals surface area contributed by atoms with Gasteiger partial charge >= 0.3 is 0 Å². The molecule has 0 aromatic heterocycles. The highest BCUT2D eigenvalue weighted by Crippen LogP contribution is 2.39. The Bertz CT molecular complexity index is 614. The summed E-state index contributed by atoms with van der Waals surface area (Å²) in [6.45, 7) is 11.0. The van der Waals surface area contributed by atoms with Crippen molar-refractivity contribution in [3.05, 3.63) is 29.8 Å². The minimum Gasteiger partial charge on any atom is -0.274 e. The number of hydrogen-bond donors (Lipinski definition) is 0. The van der Waals surface area contributed by atoms with Gasteiger partial charge in [-0.15, -0.1) is 0 Å². The molecule has 1 aliphatic heterocycles. The van der Waals surface area contributed by atoms with Crippen LogP contribution in [0.3, 0.4) is 0 Å². The molecule has 1 fully saturated rings. The maximum absolute atomic E-state index is 12.5. The average molecular weight is 327 g/mol. The number of anilines is 1. The number of nitrogens with zero attached hydrogens (tertiary/aromatic N) is 1. The second-order valence-corrected chi connectivity index (χ2v) is 8.93. The second kappa shape index (κ2) is 6.74. The van der Waals surface area contributed by atoms with Crippen LogP contribution in [0.4, 0.5) is 5.69 Å². The number of hydrogen-bond acceptors (Lipinski definition) is 2. The van der Waals surface area contributed by atoms with E-state index in [0.717, 1.165) is 19.3 Å². The Labute approximate surface area is 147 Å². The van der Waals surface area contributed by atoms with E-state index < -0.39 is 0 Å². The summed E-state index contributed by atoms with van der Waals surface area (Å²) in [4.78, 5) is 26.1. The Balaban J connectivity index is 2.21. The summed E-state index contributed by atoms with van der Waals surface area (Å²) in [6, 6.07) is 7.97. The van der Waals surface area contributed by atoms with Gasteiger partial charge in [-0.05, 0) is 36.0 Å². The number of imide groups is 1. The third-order valence-corrected chi connectivity index (χ3v) is 4.76. The Morgan fingerprint density at radius 3 is 2.21 bits per heavy atom. The smallest absolute Gasteiger partial charge is 0.237 e. The Morgan fingerprint density at radius 1 is 1.12 bits per heavy atom. The van der Waals surface area contributed by atoms with Crippen molar-refractivity contribution >= 4 is 25.3 Å². The molecule has 1 aromatic carbocycles. The molecule has 24 heavy (non-hydrogen) atoms. The molecule has 0 N–H and O–H groups in total. The first-order chi connectivity index (χ1) is 11.0. The minimum absolute atomic E-state index is 0.0384. The van der Waals surface area contributed by atoms with E-state index in [1.807, 2.05) is 19.1 Å². The van der Waals surface area contributed by atoms with Gasteiger partial charge in [0.1, 0.15) is 7.85 Å². The molecule has 1 heterocycles. The normalized spacial score (nSPS) is 19.2. The van der Waals surface area contributed by atoms with Crippen LogP contribution in [-0.4, -0.2) is 19.7 Å². The molecule has 1 aliphatic rings. The van der Waals surface area contributed by atoms with Crippen LogP contribution in [0.2, 0.25) is 5.31 Å². The van der Waals surface area contributed by atoms with Gasteiger partial charge in [-0.1, -0.05) is 58.5 Å². The zero-order chi connectivity index (χ0) is 18.1. The van der Waals surface area contributed by atoms with Crippen molar-refractivity contribution in [3.8, 4) is 0 Å². The van der Waals surface area contributed by atoms with Crippen molar-refractivity contribution in [1.29, 1.82) is 0 Å². The predicted molar refractivity (Wildman–Crippen MR) is 102 cm³/mol. The maximum atomic E-state index is 12.5. The Hall–Kier alpha value is -1.58. The lowest BCUT2D eigenvalue weighted by Crippen LogP contribution is -2.30. The Kier molecular flexibility index (Phi) is 5.27. The zero-order valence-corrected chi connectivity index (χ0v) is 16.0. The molecule has 1 aromatic rings. The van der Waals surface area contributed by atoms with Crippen molar-refractivity contribution in [3.63, 3.8) is 0 Å². The predicted octanol–water partition coefficient (Wildman–Crippen LogP) is 3.87. The standard InChI is InChI=1S/C20H30BNO2/c1-6-7-14-12-17(23)22(18(14)24)16-10-8-15(9-11-16)19(2,3)13-20(4,5)21/h8-11,14H,6-7,12-13,21H2,1-5H3. The summed E-state index contributed by atoms with van der Waals surface area (Å²) in [5.41, 5.74) is 2.00. The van der Waals surface area contributed by atoms with Gasteiger partial charge in [0.25, 0.3) is 0 Å². The fourth-order valence-corrected chi connectivity index (χ4v) is 4.03. The van der Waals surface area contributed by atoms with E-state index in [1.165, 1.54) is 10.5 Å². The third kappa shape index (κ3) is 4.09. The molecule has 130 valence electrons. The first-order valence-corrected chi connectivity index (χ1v) is 9.02. The van der Waals surface area contributed by atoms with Crippen LogP contribution in [0, 0.1) is 5.92 Å². The molecule has 4 heteroatoms. The van der Waals surface area contributed by atoms with E-state index in [-0.39, 0.29) is 28.5 Å². The van der Waals surface area contributed by atoms with Crippen LogP contribution in [0.5, 0.6) is 0 Å². The second-order valence-electron chi connectivity index (χ2n) is 8.93. The molecular formula is C20H30BNO2. The van der Waals surface area contributed by atoms with Gasteiger partial charge in [0.15, 0.2) is 0 Å². The monoisotopic (exact) mass is 327 g/mol. The van der Waals surface area contributed by atoms with Crippen molar-refractivity contribution in [2.45, 2.75) is 71.0 Å². The van der Waals surface area contributed by atoms with Crippen LogP contribution >= 0.6 is 0 Å². The highest BCUT2D eigenvalue weighted by molar-refractivity contribution is 6.20. The van der Waals surface area contributed by atoms with Crippen LogP contribution < -0.4 is 4.90 Å². The van der Waals surface area contributed by atoms with E-state index in [0.29, 0.717) is 12.1 Å². The molecule has 0 aliphatic carbocycles. The number of carbonyl (C=O) groups is 2. The summed E-state index contributed by atoms with van der Waals surface area (Å²) in [5, 5.41) is 0.246. The van der Waals surface area contributed by atoms with Gasteiger partial charge < -0.3 is 0 Å². The lowest BCUT2D eigenvalue weighted by atomic mass is 9.62. The van der Waals surface area contributed by atoms with E-state index in [9.17, 15) is 9.59 Å². The molecular weight excluding hydrogens is 297 g/mol. The summed E-state index contributed by atoms with van der Waals surface area (Å²) in [6.07, 6.45) is 3.14. The highest BCUT2D eigenvalue weighted by atomic mass is 16.2. The van der Waals surface area contributed by atoms with Crippen molar-refractivity contribution in [2.24, 2.45) is 5.92 Å². The maximum Gasteiger partial charge on any atom is 0.237 e. The van der Waals surface area contributed by atoms with E-state index in [2.05, 4.69) is 47.7 Å². The average Bonchev–Trinajstić information content (AvgIpc) is 2.72. The van der Waals surface area contributed by atoms with Crippen molar-refractivity contribution < 1.29 is 9.59 Å². The van der Waals surface area contributed by atoms with Crippen LogP contribution in [0.15, 0.2) is 24.3 Å². The topological polar surface area (TPSA) is 37.4 Å². The summed E-state index contributed by atoms with van der Waals surface area (Å²) in [7, 11) is 2.25. The van der Waals surface area contributed by atoms with Crippen LogP contribution in [0.25, 0.3) is 0 Å². The van der Waals surface area contributed by atoms with Gasteiger partial charge in [0.2, 0.25) is 11.8 Å². The fraction of sp³-hybridized carbons (Fsp3) is 0.600. The van der Waals surface area contributed by atoms with E-state index in [4.69, 9.17) is 0 Å². The molecule has 0 spiro atoms. The SMILES string of the molecule is BC(C)(C)CC(C)(C)c1ccc(N2C(=O)CC(CCC)C2=O)cc1. The van der Waals surface area contributed by atoms with Crippen LogP contribution in [0.1, 0.15) is 65.9 Å². The largest absolute Gasteiger partial charge is 0.274 e. The highest BCUT2D eigenvalue weighted by Gasteiger charge is 2.38. The Morgan fingerprint density at radius 2 is 1.71 bits per heavy atom. The quantitative estimate of drug-likeness (QED) is 0.588. The number of rotatable bonds is 6. The molecule has 2 amide bonds. The van der Waals surface area contributed by atoms with Gasteiger partial charge in [-0.25, -0.2) is 0 Å². The van der Waals surface area contributed by atoms with Gasteiger partial charge in [0.05, 0.1) is 5.69 Å². The van der Waals surface area contributed by atoms with E-state index in [1.54, 1.807) is 0 Å². The van der Waals surface area contributed by atoms with Crippen molar-refractivity contribution in [1.82, 2.24) is 0 Å². The first kappa shape index (κ1) is 18.8. The first-order valence-electron chi connectivity index (χ1n) is 9.02. The number of carbonyl (C=O) groups excluding carboxylic acids is 2. The third-order valence-electron chi connectivity index (χ3n) is 4.76. The lowest BCUT2D eigenvalue weighted by Gasteiger charge is -2.33. The number of benzene rings is 1. The van der Waals surface area contributed by atoms with Gasteiger partial charge in [0, 0.05) is 12.3 Å². The summed E-state index contributed by atoms with van der Waals surface area (Å²) < 4.78 is 0. The zero-order valence-electron chi connectivity index (χ0n) is 16.0. The number of amides is 2. The van der Waals surface area contributed by atoms with E-state index >= 15 is 0 Å². The molecule has 3 nitrogen and oxygen atoms in total. The van der Waals surface area contributed by atoms with Gasteiger partial charge in [-0.3, -0.25) is 14.5 Å². The molecule has 1 unspecified atom stereocenters. The molecule has 1 atom stereocenters. The fourth-order valence-electron chi connectivity index (χ4n) is 4.03. The van der Waals surface area contributed by atoms with Crippen molar-refractivity contribution in [2.75, 3.05) is 4.90 Å². The molecule has 1 saturated heterocycles. The van der Waals surface area contributed by atoms with Crippen LogP contribution in [-0.2, 0) is 15.0 Å². The minimum atomic E-state index is -0.139. The lowest BCUT2D eigenvalue weighted by molar-refractivity contribution is -0.122.